The number of hydrogen-bond donors (Lipinski definition) is 2. The molecule has 1 fully saturated rings. The fraction of sp³-hybridized carbons (Fsp3) is 0.778. The number of rotatable bonds is 18. The third-order valence-electron chi connectivity index (χ3n) is 6.16. The van der Waals surface area contributed by atoms with Crippen molar-refractivity contribution in [1.29, 1.82) is 0 Å². The Balaban J connectivity index is 2.17. The summed E-state index contributed by atoms with van der Waals surface area (Å²) in [6.07, 6.45) is 27.4. The lowest BCUT2D eigenvalue weighted by Gasteiger charge is -2.21. The molecule has 0 bridgehead atoms. The van der Waals surface area contributed by atoms with Gasteiger partial charge in [0.1, 0.15) is 0 Å². The van der Waals surface area contributed by atoms with Crippen LogP contribution in [0.25, 0.3) is 0 Å². The van der Waals surface area contributed by atoms with E-state index in [9.17, 15) is 9.59 Å². The molecule has 4 heteroatoms. The van der Waals surface area contributed by atoms with Crippen LogP contribution in [-0.2, 0) is 9.59 Å². The van der Waals surface area contributed by atoms with Crippen molar-refractivity contribution in [2.75, 3.05) is 0 Å². The summed E-state index contributed by atoms with van der Waals surface area (Å²) in [5, 5.41) is 6.18. The van der Waals surface area contributed by atoms with Crippen molar-refractivity contribution >= 4 is 11.8 Å². The highest BCUT2D eigenvalue weighted by Crippen LogP contribution is 2.19. The minimum atomic E-state index is -0.0317. The van der Waals surface area contributed by atoms with E-state index in [1.807, 2.05) is 12.2 Å². The molecule has 0 heterocycles. The highest BCUT2D eigenvalue weighted by Gasteiger charge is 2.28. The van der Waals surface area contributed by atoms with E-state index in [-0.39, 0.29) is 23.9 Å². The predicted octanol–water partition coefficient (Wildman–Crippen LogP) is 6.75. The van der Waals surface area contributed by atoms with Crippen molar-refractivity contribution in [2.45, 2.75) is 135 Å². The second-order valence-electron chi connectivity index (χ2n) is 9.08. The normalized spacial score (nSPS) is 18.8. The second-order valence-corrected chi connectivity index (χ2v) is 9.08. The zero-order valence-corrected chi connectivity index (χ0v) is 20.3. The third-order valence-corrected chi connectivity index (χ3v) is 6.16. The summed E-state index contributed by atoms with van der Waals surface area (Å²) in [7, 11) is 0. The molecule has 31 heavy (non-hydrogen) atoms. The van der Waals surface area contributed by atoms with E-state index in [0.29, 0.717) is 0 Å². The second kappa shape index (κ2) is 19.1. The van der Waals surface area contributed by atoms with E-state index < -0.39 is 0 Å². The van der Waals surface area contributed by atoms with Gasteiger partial charge in [0.2, 0.25) is 11.8 Å². The smallest absolute Gasteiger partial charge is 0.243 e. The number of hydrogen-bond acceptors (Lipinski definition) is 2. The SMILES string of the molecule is CCCCCCCC/C=C/C(=O)N[C@H]1CCC[C@H]1NC(=O)/C=C/CCCCCCCC. The van der Waals surface area contributed by atoms with Crippen molar-refractivity contribution in [3.63, 3.8) is 0 Å². The Labute approximate surface area is 191 Å². The molecule has 0 spiro atoms. The first-order valence-electron chi connectivity index (χ1n) is 13.1. The largest absolute Gasteiger partial charge is 0.348 e. The van der Waals surface area contributed by atoms with Crippen LogP contribution >= 0.6 is 0 Å². The molecule has 178 valence electrons. The molecule has 1 aliphatic rings. The van der Waals surface area contributed by atoms with Gasteiger partial charge in [0.15, 0.2) is 0 Å². The van der Waals surface area contributed by atoms with Crippen LogP contribution in [-0.4, -0.2) is 23.9 Å². The molecule has 2 atom stereocenters. The predicted molar refractivity (Wildman–Crippen MR) is 132 cm³/mol. The van der Waals surface area contributed by atoms with Gasteiger partial charge < -0.3 is 10.6 Å². The Morgan fingerprint density at radius 1 is 0.645 bits per heavy atom. The molecule has 0 radical (unpaired) electrons. The van der Waals surface area contributed by atoms with Gasteiger partial charge in [0.25, 0.3) is 0 Å². The lowest BCUT2D eigenvalue weighted by atomic mass is 10.1. The van der Waals surface area contributed by atoms with Crippen LogP contribution in [0.3, 0.4) is 0 Å². The molecule has 1 aliphatic carbocycles. The van der Waals surface area contributed by atoms with Crippen molar-refractivity contribution in [1.82, 2.24) is 10.6 Å². The van der Waals surface area contributed by atoms with Gasteiger partial charge in [-0.05, 0) is 57.1 Å². The lowest BCUT2D eigenvalue weighted by Crippen LogP contribution is -2.47. The highest BCUT2D eigenvalue weighted by atomic mass is 16.2. The fourth-order valence-corrected chi connectivity index (χ4v) is 4.23. The lowest BCUT2D eigenvalue weighted by molar-refractivity contribution is -0.119. The summed E-state index contributed by atoms with van der Waals surface area (Å²) in [6, 6.07) is 0.0872. The van der Waals surface area contributed by atoms with Crippen LogP contribution in [0, 0.1) is 0 Å². The summed E-state index contributed by atoms with van der Waals surface area (Å²) in [5.74, 6) is -0.0634. The Hall–Kier alpha value is -1.58. The van der Waals surface area contributed by atoms with Gasteiger partial charge in [-0.3, -0.25) is 9.59 Å². The molecule has 4 nitrogen and oxygen atoms in total. The first-order chi connectivity index (χ1) is 15.2. The van der Waals surface area contributed by atoms with Crippen LogP contribution < -0.4 is 10.6 Å². The van der Waals surface area contributed by atoms with Gasteiger partial charge in [-0.15, -0.1) is 0 Å². The number of nitrogens with one attached hydrogen (secondary N) is 2. The maximum Gasteiger partial charge on any atom is 0.243 e. The summed E-state index contributed by atoms with van der Waals surface area (Å²) in [4.78, 5) is 24.4. The number of amides is 2. The van der Waals surface area contributed by atoms with E-state index >= 15 is 0 Å². The van der Waals surface area contributed by atoms with Crippen LogP contribution in [0.2, 0.25) is 0 Å². The minimum Gasteiger partial charge on any atom is -0.348 e. The van der Waals surface area contributed by atoms with Crippen LogP contribution in [0.15, 0.2) is 24.3 Å². The van der Waals surface area contributed by atoms with Gasteiger partial charge >= 0.3 is 0 Å². The molecular formula is C27H48N2O2. The summed E-state index contributed by atoms with van der Waals surface area (Å²) >= 11 is 0. The van der Waals surface area contributed by atoms with E-state index in [0.717, 1.165) is 44.9 Å². The third kappa shape index (κ3) is 15.0. The van der Waals surface area contributed by atoms with Crippen molar-refractivity contribution in [3.8, 4) is 0 Å². The van der Waals surface area contributed by atoms with E-state index in [1.165, 1.54) is 64.2 Å². The standard InChI is InChI=1S/C27H48N2O2/c1-3-5-7-9-11-13-15-17-22-26(30)28-24-20-19-21-25(24)29-27(31)23-18-16-14-12-10-8-6-4-2/h17-18,22-25H,3-16,19-21H2,1-2H3,(H,28,30)(H,29,31)/b22-17+,23-18+/t24-,25+. The monoisotopic (exact) mass is 432 g/mol. The van der Waals surface area contributed by atoms with E-state index in [1.54, 1.807) is 12.2 Å². The molecule has 2 amide bonds. The van der Waals surface area contributed by atoms with Crippen LogP contribution in [0.5, 0.6) is 0 Å². The fourth-order valence-electron chi connectivity index (χ4n) is 4.23. The molecular weight excluding hydrogens is 384 g/mol. The summed E-state index contributed by atoms with van der Waals surface area (Å²) in [5.41, 5.74) is 0. The van der Waals surface area contributed by atoms with Crippen LogP contribution in [0.1, 0.15) is 123 Å². The molecule has 0 aromatic heterocycles. The Morgan fingerprint density at radius 3 is 1.45 bits per heavy atom. The average Bonchev–Trinajstić information content (AvgIpc) is 3.18. The molecule has 0 saturated heterocycles. The minimum absolute atomic E-state index is 0.0317. The van der Waals surface area contributed by atoms with Crippen molar-refractivity contribution < 1.29 is 9.59 Å². The summed E-state index contributed by atoms with van der Waals surface area (Å²) in [6.45, 7) is 4.46. The molecule has 2 N–H and O–H groups in total. The zero-order valence-electron chi connectivity index (χ0n) is 20.3. The highest BCUT2D eigenvalue weighted by molar-refractivity contribution is 5.89. The van der Waals surface area contributed by atoms with Crippen molar-refractivity contribution in [2.24, 2.45) is 0 Å². The van der Waals surface area contributed by atoms with Crippen LogP contribution in [0.4, 0.5) is 0 Å². The number of allylic oxidation sites excluding steroid dienone is 2. The first-order valence-corrected chi connectivity index (χ1v) is 13.1. The Morgan fingerprint density at radius 2 is 1.03 bits per heavy atom. The molecule has 0 aromatic rings. The Bertz CT molecular complexity index is 481. The zero-order chi connectivity index (χ0) is 22.6. The number of carbonyl (C=O) groups excluding carboxylic acids is 2. The van der Waals surface area contributed by atoms with Gasteiger partial charge in [0.05, 0.1) is 0 Å². The molecule has 1 rings (SSSR count). The molecule has 0 unspecified atom stereocenters. The van der Waals surface area contributed by atoms with Gasteiger partial charge in [0, 0.05) is 12.1 Å². The van der Waals surface area contributed by atoms with Gasteiger partial charge in [-0.25, -0.2) is 0 Å². The van der Waals surface area contributed by atoms with Crippen molar-refractivity contribution in [3.05, 3.63) is 24.3 Å². The number of unbranched alkanes of at least 4 members (excludes halogenated alkanes) is 12. The maximum absolute atomic E-state index is 12.2. The molecule has 1 saturated carbocycles. The topological polar surface area (TPSA) is 58.2 Å². The van der Waals surface area contributed by atoms with Gasteiger partial charge in [-0.2, -0.15) is 0 Å². The first kappa shape index (κ1) is 27.5. The van der Waals surface area contributed by atoms with E-state index in [2.05, 4.69) is 24.5 Å². The van der Waals surface area contributed by atoms with E-state index in [4.69, 9.17) is 0 Å². The molecule has 0 aromatic carbocycles. The average molecular weight is 433 g/mol. The quantitative estimate of drug-likeness (QED) is 0.186. The van der Waals surface area contributed by atoms with Gasteiger partial charge in [-0.1, -0.05) is 90.2 Å². The summed E-state index contributed by atoms with van der Waals surface area (Å²) < 4.78 is 0. The maximum atomic E-state index is 12.2. The Kier molecular flexibility index (Phi) is 16.9. The number of carbonyl (C=O) groups is 2. The molecule has 0 aliphatic heterocycles.